The van der Waals surface area contributed by atoms with E-state index < -0.39 is 0 Å². The van der Waals surface area contributed by atoms with Crippen LogP contribution >= 0.6 is 0 Å². The molecule has 0 atom stereocenters. The van der Waals surface area contributed by atoms with Crippen LogP contribution in [0.4, 0.5) is 21.9 Å². The monoisotopic (exact) mass is 396 g/mol. The van der Waals surface area contributed by atoms with E-state index in [1.807, 2.05) is 36.0 Å². The van der Waals surface area contributed by atoms with Crippen LogP contribution in [0.25, 0.3) is 0 Å². The Bertz CT molecular complexity index is 876. The van der Waals surface area contributed by atoms with Gasteiger partial charge in [0.2, 0.25) is 0 Å². The number of carbonyl (C=O) groups excluding carboxylic acids is 2. The largest absolute Gasteiger partial charge is 0.497 e. The zero-order valence-electron chi connectivity index (χ0n) is 17.2. The first-order valence-corrected chi connectivity index (χ1v) is 9.80. The van der Waals surface area contributed by atoms with Gasteiger partial charge in [0.1, 0.15) is 5.75 Å². The second-order valence-corrected chi connectivity index (χ2v) is 7.29. The van der Waals surface area contributed by atoms with Crippen LogP contribution in [-0.4, -0.2) is 51.1 Å². The molecule has 29 heavy (non-hydrogen) atoms. The van der Waals surface area contributed by atoms with Gasteiger partial charge < -0.3 is 25.2 Å². The Hall–Kier alpha value is -3.22. The summed E-state index contributed by atoms with van der Waals surface area (Å²) in [5.74, 6) is 0.665. The number of likely N-dealkylation sites (tertiary alicyclic amines) is 1. The fraction of sp³-hybridized carbons (Fsp3) is 0.364. The lowest BCUT2D eigenvalue weighted by Crippen LogP contribution is -2.36. The third kappa shape index (κ3) is 5.19. The van der Waals surface area contributed by atoms with Crippen molar-refractivity contribution in [3.63, 3.8) is 0 Å². The summed E-state index contributed by atoms with van der Waals surface area (Å²) in [5, 5.41) is 5.59. The minimum absolute atomic E-state index is 0.00486. The van der Waals surface area contributed by atoms with Crippen LogP contribution in [0.2, 0.25) is 0 Å². The van der Waals surface area contributed by atoms with Gasteiger partial charge in [-0.05, 0) is 49.6 Å². The maximum atomic E-state index is 13.1. The van der Waals surface area contributed by atoms with Crippen molar-refractivity contribution < 1.29 is 14.3 Å². The SMILES string of the molecule is COc1cccc(NC(=O)Nc2ccc(N(C)C)c(C(=O)N3CCCCC3)c2)c1. The highest BCUT2D eigenvalue weighted by atomic mass is 16.5. The second-order valence-electron chi connectivity index (χ2n) is 7.29. The Morgan fingerprint density at radius 3 is 2.31 bits per heavy atom. The fourth-order valence-electron chi connectivity index (χ4n) is 3.44. The summed E-state index contributed by atoms with van der Waals surface area (Å²) in [6.45, 7) is 1.55. The number of hydrogen-bond donors (Lipinski definition) is 2. The first-order valence-electron chi connectivity index (χ1n) is 9.80. The highest BCUT2D eigenvalue weighted by Gasteiger charge is 2.22. The van der Waals surface area contributed by atoms with Crippen molar-refractivity contribution in [2.45, 2.75) is 19.3 Å². The summed E-state index contributed by atoms with van der Waals surface area (Å²) in [4.78, 5) is 29.3. The normalized spacial score (nSPS) is 13.6. The molecule has 7 heteroatoms. The summed E-state index contributed by atoms with van der Waals surface area (Å²) in [7, 11) is 5.39. The molecule has 3 amide bonds. The molecule has 0 radical (unpaired) electrons. The number of nitrogens with zero attached hydrogens (tertiary/aromatic N) is 2. The Balaban J connectivity index is 1.76. The third-order valence-corrected chi connectivity index (χ3v) is 4.94. The zero-order valence-corrected chi connectivity index (χ0v) is 17.2. The maximum Gasteiger partial charge on any atom is 0.323 e. The van der Waals surface area contributed by atoms with Crippen LogP contribution in [0.3, 0.4) is 0 Å². The van der Waals surface area contributed by atoms with Gasteiger partial charge in [0.15, 0.2) is 0 Å². The summed E-state index contributed by atoms with van der Waals surface area (Å²) in [6.07, 6.45) is 3.23. The van der Waals surface area contributed by atoms with Crippen molar-refractivity contribution in [2.75, 3.05) is 49.8 Å². The average molecular weight is 396 g/mol. The molecule has 154 valence electrons. The molecule has 2 aromatic carbocycles. The number of urea groups is 1. The number of anilines is 3. The molecule has 0 aliphatic carbocycles. The van der Waals surface area contributed by atoms with E-state index in [2.05, 4.69) is 10.6 Å². The molecule has 1 fully saturated rings. The molecule has 2 N–H and O–H groups in total. The summed E-state index contributed by atoms with van der Waals surface area (Å²) in [6, 6.07) is 12.1. The molecule has 1 aliphatic rings. The smallest absolute Gasteiger partial charge is 0.323 e. The van der Waals surface area contributed by atoms with Crippen LogP contribution in [0.15, 0.2) is 42.5 Å². The van der Waals surface area contributed by atoms with Crippen LogP contribution in [0, 0.1) is 0 Å². The molecule has 1 aliphatic heterocycles. The number of nitrogens with one attached hydrogen (secondary N) is 2. The van der Waals surface area contributed by atoms with E-state index in [-0.39, 0.29) is 11.9 Å². The summed E-state index contributed by atoms with van der Waals surface area (Å²) >= 11 is 0. The highest BCUT2D eigenvalue weighted by molar-refractivity contribution is 6.04. The van der Waals surface area contributed by atoms with Gasteiger partial charge in [-0.25, -0.2) is 4.79 Å². The van der Waals surface area contributed by atoms with Gasteiger partial charge in [-0.15, -0.1) is 0 Å². The standard InChI is InChI=1S/C22H28N4O3/c1-25(2)20-11-10-17(15-19(20)21(27)26-12-5-4-6-13-26)24-22(28)23-16-8-7-9-18(14-16)29-3/h7-11,14-15H,4-6,12-13H2,1-3H3,(H2,23,24,28). The lowest BCUT2D eigenvalue weighted by atomic mass is 10.1. The number of rotatable bonds is 5. The lowest BCUT2D eigenvalue weighted by Gasteiger charge is -2.28. The highest BCUT2D eigenvalue weighted by Crippen LogP contribution is 2.26. The van der Waals surface area contributed by atoms with Gasteiger partial charge in [0.25, 0.3) is 5.91 Å². The van der Waals surface area contributed by atoms with E-state index in [4.69, 9.17) is 4.74 Å². The van der Waals surface area contributed by atoms with E-state index in [0.717, 1.165) is 38.0 Å². The molecular weight excluding hydrogens is 368 g/mol. The molecule has 3 rings (SSSR count). The van der Waals surface area contributed by atoms with Crippen LogP contribution in [0.1, 0.15) is 29.6 Å². The van der Waals surface area contributed by atoms with Gasteiger partial charge >= 0.3 is 6.03 Å². The van der Waals surface area contributed by atoms with Gasteiger partial charge in [-0.3, -0.25) is 4.79 Å². The molecule has 0 bridgehead atoms. The quantitative estimate of drug-likeness (QED) is 0.800. The number of amides is 3. The number of benzene rings is 2. The molecule has 0 unspecified atom stereocenters. The van der Waals surface area contributed by atoms with Crippen molar-refractivity contribution in [2.24, 2.45) is 0 Å². The van der Waals surface area contributed by atoms with Gasteiger partial charge in [-0.1, -0.05) is 6.07 Å². The molecule has 0 aromatic heterocycles. The number of piperidine rings is 1. The van der Waals surface area contributed by atoms with E-state index in [1.165, 1.54) is 0 Å². The topological polar surface area (TPSA) is 73.9 Å². The predicted molar refractivity (Wildman–Crippen MR) is 116 cm³/mol. The Labute approximate surface area is 171 Å². The number of carbonyl (C=O) groups is 2. The van der Waals surface area contributed by atoms with Crippen molar-refractivity contribution in [3.05, 3.63) is 48.0 Å². The zero-order chi connectivity index (χ0) is 20.8. The minimum Gasteiger partial charge on any atom is -0.497 e. The molecule has 1 saturated heterocycles. The fourth-order valence-corrected chi connectivity index (χ4v) is 3.44. The first-order chi connectivity index (χ1) is 14.0. The lowest BCUT2D eigenvalue weighted by molar-refractivity contribution is 0.0725. The molecule has 0 saturated carbocycles. The molecule has 7 nitrogen and oxygen atoms in total. The maximum absolute atomic E-state index is 13.1. The molecule has 1 heterocycles. The first kappa shape index (κ1) is 20.5. The number of methoxy groups -OCH3 is 1. The van der Waals surface area contributed by atoms with E-state index >= 15 is 0 Å². The molecule has 0 spiro atoms. The molecular formula is C22H28N4O3. The third-order valence-electron chi connectivity index (χ3n) is 4.94. The number of hydrogen-bond acceptors (Lipinski definition) is 4. The van der Waals surface area contributed by atoms with Gasteiger partial charge in [0, 0.05) is 50.3 Å². The Kier molecular flexibility index (Phi) is 6.59. The van der Waals surface area contributed by atoms with Crippen LogP contribution in [-0.2, 0) is 0 Å². The second kappa shape index (κ2) is 9.32. The van der Waals surface area contributed by atoms with Crippen LogP contribution in [0.5, 0.6) is 5.75 Å². The summed E-state index contributed by atoms with van der Waals surface area (Å²) < 4.78 is 5.17. The van der Waals surface area contributed by atoms with Crippen molar-refractivity contribution >= 4 is 29.0 Å². The predicted octanol–water partition coefficient (Wildman–Crippen LogP) is 4.03. The minimum atomic E-state index is -0.382. The van der Waals surface area contributed by atoms with Gasteiger partial charge in [-0.2, -0.15) is 0 Å². The molecule has 2 aromatic rings. The van der Waals surface area contributed by atoms with Crippen molar-refractivity contribution in [1.82, 2.24) is 4.90 Å². The van der Waals surface area contributed by atoms with Crippen LogP contribution < -0.4 is 20.3 Å². The van der Waals surface area contributed by atoms with Crippen molar-refractivity contribution in [3.8, 4) is 5.75 Å². The van der Waals surface area contributed by atoms with E-state index in [1.54, 1.807) is 37.4 Å². The average Bonchev–Trinajstić information content (AvgIpc) is 2.73. The number of ether oxygens (including phenoxy) is 1. The Morgan fingerprint density at radius 2 is 1.66 bits per heavy atom. The summed E-state index contributed by atoms with van der Waals surface area (Å²) in [5.41, 5.74) is 2.61. The van der Waals surface area contributed by atoms with Crippen molar-refractivity contribution in [1.29, 1.82) is 0 Å². The van der Waals surface area contributed by atoms with E-state index in [9.17, 15) is 9.59 Å². The van der Waals surface area contributed by atoms with E-state index in [0.29, 0.717) is 22.7 Å². The Morgan fingerprint density at radius 1 is 0.966 bits per heavy atom. The van der Waals surface area contributed by atoms with Gasteiger partial charge in [0.05, 0.1) is 12.7 Å².